The topological polar surface area (TPSA) is 77.0 Å². The highest BCUT2D eigenvalue weighted by atomic mass is 35.5. The number of nitrogens with zero attached hydrogens (tertiary/aromatic N) is 2. The summed E-state index contributed by atoms with van der Waals surface area (Å²) in [6.07, 6.45) is 1.77. The lowest BCUT2D eigenvalue weighted by Crippen LogP contribution is -2.19. The summed E-state index contributed by atoms with van der Waals surface area (Å²) in [5, 5.41) is 3.69. The highest BCUT2D eigenvalue weighted by Gasteiger charge is 2.15. The van der Waals surface area contributed by atoms with Gasteiger partial charge >= 0.3 is 5.97 Å². The Morgan fingerprint density at radius 1 is 1.23 bits per heavy atom. The molecular formula is C18H15Cl2N3O3. The van der Waals surface area contributed by atoms with Crippen LogP contribution in [0, 0.1) is 6.92 Å². The number of esters is 1. The van der Waals surface area contributed by atoms with E-state index in [-0.39, 0.29) is 29.3 Å². The van der Waals surface area contributed by atoms with Crippen LogP contribution in [0.1, 0.15) is 21.6 Å². The van der Waals surface area contributed by atoms with Crippen molar-refractivity contribution in [2.24, 2.45) is 0 Å². The molecule has 6 nitrogen and oxygen atoms in total. The maximum atomic E-state index is 12.6. The van der Waals surface area contributed by atoms with Gasteiger partial charge in [0, 0.05) is 28.9 Å². The number of ether oxygens (including phenoxy) is 1. The number of hydrogen-bond acceptors (Lipinski definition) is 4. The standard InChI is InChI=1S/C18H15Cl2N3O3/c1-11-14(8-10-26-18(25)15-3-2-9-21-16(15)20)17(24)23(22-11)13-6-4-12(19)5-7-13/h2-7,9,22H,8,10H2,1H3. The number of aromatic nitrogens is 3. The Bertz CT molecular complexity index is 994. The summed E-state index contributed by atoms with van der Waals surface area (Å²) >= 11 is 11.7. The summed E-state index contributed by atoms with van der Waals surface area (Å²) in [4.78, 5) is 28.5. The molecule has 3 rings (SSSR count). The summed E-state index contributed by atoms with van der Waals surface area (Å²) in [6, 6.07) is 10.0. The third-order valence-corrected chi connectivity index (χ3v) is 4.40. The molecule has 0 aliphatic carbocycles. The Morgan fingerprint density at radius 3 is 2.65 bits per heavy atom. The Hall–Kier alpha value is -2.57. The van der Waals surface area contributed by atoms with Gasteiger partial charge in [0.25, 0.3) is 5.56 Å². The van der Waals surface area contributed by atoms with Crippen molar-refractivity contribution >= 4 is 29.2 Å². The number of aromatic amines is 1. The second kappa shape index (κ2) is 7.76. The maximum Gasteiger partial charge on any atom is 0.341 e. The van der Waals surface area contributed by atoms with Gasteiger partial charge in [-0.2, -0.15) is 0 Å². The molecule has 0 unspecified atom stereocenters. The van der Waals surface area contributed by atoms with Crippen LogP contribution >= 0.6 is 23.2 Å². The van der Waals surface area contributed by atoms with Crippen LogP contribution in [0.25, 0.3) is 5.69 Å². The van der Waals surface area contributed by atoms with Crippen LogP contribution < -0.4 is 5.56 Å². The summed E-state index contributed by atoms with van der Waals surface area (Å²) in [6.45, 7) is 1.85. The first-order chi connectivity index (χ1) is 12.5. The molecule has 0 aliphatic rings. The van der Waals surface area contributed by atoms with Crippen molar-refractivity contribution in [2.45, 2.75) is 13.3 Å². The number of H-pyrrole nitrogens is 1. The van der Waals surface area contributed by atoms with Crippen LogP contribution in [0.2, 0.25) is 10.2 Å². The molecule has 26 heavy (non-hydrogen) atoms. The summed E-state index contributed by atoms with van der Waals surface area (Å²) < 4.78 is 6.64. The van der Waals surface area contributed by atoms with Crippen molar-refractivity contribution in [3.8, 4) is 5.69 Å². The van der Waals surface area contributed by atoms with Crippen LogP contribution in [0.3, 0.4) is 0 Å². The molecule has 0 aliphatic heterocycles. The first-order valence-electron chi connectivity index (χ1n) is 7.81. The Labute approximate surface area is 159 Å². The minimum Gasteiger partial charge on any atom is -0.462 e. The van der Waals surface area contributed by atoms with Crippen molar-refractivity contribution in [3.63, 3.8) is 0 Å². The molecule has 0 saturated carbocycles. The predicted molar refractivity (Wildman–Crippen MR) is 99.4 cm³/mol. The molecular weight excluding hydrogens is 377 g/mol. The van der Waals surface area contributed by atoms with Crippen LogP contribution in [-0.2, 0) is 11.2 Å². The molecule has 1 aromatic carbocycles. The fourth-order valence-corrected chi connectivity index (χ4v) is 2.83. The van der Waals surface area contributed by atoms with Gasteiger partial charge in [-0.15, -0.1) is 0 Å². The Balaban J connectivity index is 1.71. The monoisotopic (exact) mass is 391 g/mol. The fourth-order valence-electron chi connectivity index (χ4n) is 2.51. The number of benzene rings is 1. The van der Waals surface area contributed by atoms with Gasteiger partial charge in [-0.05, 0) is 43.3 Å². The van der Waals surface area contributed by atoms with Crippen molar-refractivity contribution in [1.29, 1.82) is 0 Å². The van der Waals surface area contributed by atoms with E-state index in [2.05, 4.69) is 10.1 Å². The number of halogens is 2. The number of nitrogens with one attached hydrogen (secondary N) is 1. The number of aryl methyl sites for hydroxylation is 1. The van der Waals surface area contributed by atoms with Gasteiger partial charge in [-0.3, -0.25) is 9.89 Å². The second-order valence-electron chi connectivity index (χ2n) is 5.56. The predicted octanol–water partition coefficient (Wildman–Crippen LogP) is 3.58. The minimum absolute atomic E-state index is 0.0542. The number of carbonyl (C=O) groups excluding carboxylic acids is 1. The lowest BCUT2D eigenvalue weighted by Gasteiger charge is -2.05. The molecule has 0 atom stereocenters. The van der Waals surface area contributed by atoms with E-state index >= 15 is 0 Å². The third kappa shape index (κ3) is 3.81. The first-order valence-corrected chi connectivity index (χ1v) is 8.57. The van der Waals surface area contributed by atoms with Crippen LogP contribution in [0.4, 0.5) is 0 Å². The molecule has 2 heterocycles. The molecule has 0 spiro atoms. The third-order valence-electron chi connectivity index (χ3n) is 3.84. The second-order valence-corrected chi connectivity index (χ2v) is 6.35. The highest BCUT2D eigenvalue weighted by Crippen LogP contribution is 2.14. The van der Waals surface area contributed by atoms with E-state index in [4.69, 9.17) is 27.9 Å². The van der Waals surface area contributed by atoms with Gasteiger partial charge in [-0.25, -0.2) is 14.5 Å². The highest BCUT2D eigenvalue weighted by molar-refractivity contribution is 6.32. The molecule has 0 bridgehead atoms. The van der Waals surface area contributed by atoms with Crippen molar-refractivity contribution in [2.75, 3.05) is 6.61 Å². The number of pyridine rings is 1. The molecule has 0 radical (unpaired) electrons. The molecule has 8 heteroatoms. The molecule has 2 aromatic heterocycles. The lowest BCUT2D eigenvalue weighted by atomic mass is 10.2. The summed E-state index contributed by atoms with van der Waals surface area (Å²) in [7, 11) is 0. The zero-order chi connectivity index (χ0) is 18.7. The van der Waals surface area contributed by atoms with Crippen molar-refractivity contribution in [1.82, 2.24) is 14.8 Å². The van der Waals surface area contributed by atoms with Gasteiger partial charge < -0.3 is 4.74 Å². The van der Waals surface area contributed by atoms with E-state index in [0.29, 0.717) is 22.0 Å². The van der Waals surface area contributed by atoms with Gasteiger partial charge in [0.2, 0.25) is 0 Å². The quantitative estimate of drug-likeness (QED) is 0.532. The Morgan fingerprint density at radius 2 is 1.96 bits per heavy atom. The molecule has 3 aromatic rings. The first kappa shape index (κ1) is 18.2. The van der Waals surface area contributed by atoms with E-state index in [1.165, 1.54) is 16.9 Å². The number of rotatable bonds is 5. The normalized spacial score (nSPS) is 10.7. The average molecular weight is 392 g/mol. The SMILES string of the molecule is Cc1[nH]n(-c2ccc(Cl)cc2)c(=O)c1CCOC(=O)c1cccnc1Cl. The van der Waals surface area contributed by atoms with E-state index in [0.717, 1.165) is 0 Å². The smallest absolute Gasteiger partial charge is 0.341 e. The average Bonchev–Trinajstić information content (AvgIpc) is 2.91. The molecule has 1 N–H and O–H groups in total. The fraction of sp³-hybridized carbons (Fsp3) is 0.167. The van der Waals surface area contributed by atoms with Crippen LogP contribution in [-0.4, -0.2) is 27.3 Å². The van der Waals surface area contributed by atoms with Crippen LogP contribution in [0.5, 0.6) is 0 Å². The van der Waals surface area contributed by atoms with E-state index < -0.39 is 5.97 Å². The van der Waals surface area contributed by atoms with E-state index in [1.807, 2.05) is 0 Å². The van der Waals surface area contributed by atoms with Gasteiger partial charge in [0.1, 0.15) is 5.15 Å². The largest absolute Gasteiger partial charge is 0.462 e. The Kier molecular flexibility index (Phi) is 5.44. The van der Waals surface area contributed by atoms with Gasteiger partial charge in [-0.1, -0.05) is 23.2 Å². The van der Waals surface area contributed by atoms with Crippen molar-refractivity contribution < 1.29 is 9.53 Å². The number of hydrogen-bond donors (Lipinski definition) is 1. The maximum absolute atomic E-state index is 12.6. The van der Waals surface area contributed by atoms with Crippen molar-refractivity contribution in [3.05, 3.63) is 79.9 Å². The van der Waals surface area contributed by atoms with Gasteiger partial charge in [0.05, 0.1) is 17.9 Å². The zero-order valence-corrected chi connectivity index (χ0v) is 15.3. The summed E-state index contributed by atoms with van der Waals surface area (Å²) in [5.74, 6) is -0.575. The summed E-state index contributed by atoms with van der Waals surface area (Å²) in [5.41, 5.74) is 1.93. The molecule has 0 saturated heterocycles. The van der Waals surface area contributed by atoms with E-state index in [9.17, 15) is 9.59 Å². The molecule has 134 valence electrons. The number of carbonyl (C=O) groups is 1. The van der Waals surface area contributed by atoms with E-state index in [1.54, 1.807) is 37.3 Å². The minimum atomic E-state index is -0.575. The molecule has 0 amide bonds. The zero-order valence-electron chi connectivity index (χ0n) is 13.8. The lowest BCUT2D eigenvalue weighted by molar-refractivity contribution is 0.0508. The van der Waals surface area contributed by atoms with Gasteiger partial charge in [0.15, 0.2) is 0 Å². The molecule has 0 fully saturated rings. The van der Waals surface area contributed by atoms with Crippen LogP contribution in [0.15, 0.2) is 47.4 Å².